The third-order valence-electron chi connectivity index (χ3n) is 5.21. The van der Waals surface area contributed by atoms with E-state index in [1.165, 1.54) is 17.8 Å². The highest BCUT2D eigenvalue weighted by molar-refractivity contribution is 7.99. The number of halogens is 1. The van der Waals surface area contributed by atoms with Crippen LogP contribution in [0.3, 0.4) is 0 Å². The second-order valence-corrected chi connectivity index (χ2v) is 8.13. The molecule has 6 nitrogen and oxygen atoms in total. The summed E-state index contributed by atoms with van der Waals surface area (Å²) in [6, 6.07) is 8.32. The van der Waals surface area contributed by atoms with Gasteiger partial charge in [0.1, 0.15) is 5.82 Å². The van der Waals surface area contributed by atoms with Crippen LogP contribution in [-0.4, -0.2) is 44.0 Å². The number of aromatic amines is 1. The van der Waals surface area contributed by atoms with Crippen molar-refractivity contribution < 1.29 is 13.9 Å². The van der Waals surface area contributed by atoms with E-state index in [-0.39, 0.29) is 23.5 Å². The summed E-state index contributed by atoms with van der Waals surface area (Å²) in [6.45, 7) is 5.59. The van der Waals surface area contributed by atoms with Gasteiger partial charge in [-0.05, 0) is 44.9 Å². The summed E-state index contributed by atoms with van der Waals surface area (Å²) >= 11 is 1.24. The third kappa shape index (κ3) is 4.28. The van der Waals surface area contributed by atoms with E-state index < -0.39 is 0 Å². The molecule has 0 unspecified atom stereocenters. The molecule has 3 heterocycles. The number of H-pyrrole nitrogens is 1. The molecule has 0 radical (unpaired) electrons. The molecule has 152 valence electrons. The molecule has 1 aliphatic heterocycles. The normalized spacial score (nSPS) is 16.4. The van der Waals surface area contributed by atoms with Crippen LogP contribution in [-0.2, 0) is 11.3 Å². The molecule has 1 aliphatic rings. The Balaban J connectivity index is 1.42. The summed E-state index contributed by atoms with van der Waals surface area (Å²) in [6.07, 6.45) is 2.38. The predicted molar refractivity (Wildman–Crippen MR) is 110 cm³/mol. The van der Waals surface area contributed by atoms with Crippen molar-refractivity contribution in [2.24, 2.45) is 0 Å². The van der Waals surface area contributed by atoms with E-state index in [2.05, 4.69) is 19.7 Å². The number of aromatic nitrogens is 4. The molecule has 1 aromatic carbocycles. The average molecular weight is 415 g/mol. The van der Waals surface area contributed by atoms with E-state index in [4.69, 9.17) is 4.74 Å². The topological polar surface area (TPSA) is 72.8 Å². The standard InChI is InChI=1S/C21H23FN4O2S/c1-13-10-17(14(2)26(13)11-15-6-5-9-28-15)19(27)12-29-21-23-20(24-25-21)16-7-3-4-8-18(16)22/h3-4,7-8,10,15H,5-6,9,11-12H2,1-2H3,(H,23,24,25)/t15-/m0/s1. The molecular weight excluding hydrogens is 391 g/mol. The van der Waals surface area contributed by atoms with Crippen molar-refractivity contribution in [3.05, 3.63) is 53.1 Å². The Labute approximate surface area is 172 Å². The molecule has 29 heavy (non-hydrogen) atoms. The highest BCUT2D eigenvalue weighted by Gasteiger charge is 2.21. The van der Waals surface area contributed by atoms with Crippen LogP contribution >= 0.6 is 11.8 Å². The number of hydrogen-bond acceptors (Lipinski definition) is 5. The maximum atomic E-state index is 13.9. The van der Waals surface area contributed by atoms with Gasteiger partial charge < -0.3 is 9.30 Å². The van der Waals surface area contributed by atoms with E-state index >= 15 is 0 Å². The number of ether oxygens (including phenoxy) is 1. The number of benzene rings is 1. The van der Waals surface area contributed by atoms with Gasteiger partial charge in [0.15, 0.2) is 11.6 Å². The maximum absolute atomic E-state index is 13.9. The van der Waals surface area contributed by atoms with Gasteiger partial charge in [0.25, 0.3) is 0 Å². The van der Waals surface area contributed by atoms with E-state index in [1.807, 2.05) is 19.9 Å². The van der Waals surface area contributed by atoms with Crippen molar-refractivity contribution in [3.63, 3.8) is 0 Å². The molecule has 1 fully saturated rings. The van der Waals surface area contributed by atoms with Gasteiger partial charge in [-0.15, -0.1) is 5.10 Å². The van der Waals surface area contributed by atoms with Crippen molar-refractivity contribution in [1.82, 2.24) is 19.7 Å². The van der Waals surface area contributed by atoms with Crippen molar-refractivity contribution in [3.8, 4) is 11.4 Å². The lowest BCUT2D eigenvalue weighted by molar-refractivity contribution is 0.0957. The largest absolute Gasteiger partial charge is 0.376 e. The Morgan fingerprint density at radius 3 is 2.97 bits per heavy atom. The fourth-order valence-corrected chi connectivity index (χ4v) is 4.33. The molecule has 8 heteroatoms. The van der Waals surface area contributed by atoms with Gasteiger partial charge in [-0.3, -0.25) is 9.89 Å². The lowest BCUT2D eigenvalue weighted by Crippen LogP contribution is -2.17. The molecule has 0 amide bonds. The van der Waals surface area contributed by atoms with Crippen LogP contribution in [0.15, 0.2) is 35.5 Å². The summed E-state index contributed by atoms with van der Waals surface area (Å²) in [7, 11) is 0. The van der Waals surface area contributed by atoms with Crippen LogP contribution in [0.25, 0.3) is 11.4 Å². The quantitative estimate of drug-likeness (QED) is 0.464. The fraction of sp³-hybridized carbons (Fsp3) is 0.381. The minimum atomic E-state index is -0.366. The average Bonchev–Trinajstić information content (AvgIpc) is 3.44. The third-order valence-corrected chi connectivity index (χ3v) is 6.06. The molecule has 1 atom stereocenters. The number of hydrogen-bond donors (Lipinski definition) is 1. The second kappa shape index (κ2) is 8.51. The van der Waals surface area contributed by atoms with Gasteiger partial charge in [0.2, 0.25) is 5.16 Å². The fourth-order valence-electron chi connectivity index (χ4n) is 3.65. The van der Waals surface area contributed by atoms with Gasteiger partial charge in [0, 0.05) is 30.1 Å². The maximum Gasteiger partial charge on any atom is 0.209 e. The zero-order valence-corrected chi connectivity index (χ0v) is 17.3. The van der Waals surface area contributed by atoms with Crippen molar-refractivity contribution >= 4 is 17.5 Å². The number of Topliss-reactive ketones (excluding diaryl/α,β-unsaturated/α-hetero) is 1. The lowest BCUT2D eigenvalue weighted by Gasteiger charge is -2.14. The van der Waals surface area contributed by atoms with Crippen LogP contribution in [0.5, 0.6) is 0 Å². The van der Waals surface area contributed by atoms with Crippen LogP contribution in [0.2, 0.25) is 0 Å². The number of thioether (sulfide) groups is 1. The Morgan fingerprint density at radius 1 is 1.38 bits per heavy atom. The molecule has 0 spiro atoms. The SMILES string of the molecule is Cc1cc(C(=O)CSc2n[nH]c(-c3ccccc3F)n2)c(C)n1C[C@@H]1CCCO1. The zero-order valence-electron chi connectivity index (χ0n) is 16.4. The zero-order chi connectivity index (χ0) is 20.4. The first-order valence-electron chi connectivity index (χ1n) is 9.64. The monoisotopic (exact) mass is 414 g/mol. The smallest absolute Gasteiger partial charge is 0.209 e. The minimum Gasteiger partial charge on any atom is -0.376 e. The van der Waals surface area contributed by atoms with Gasteiger partial charge in [-0.25, -0.2) is 9.37 Å². The number of nitrogens with one attached hydrogen (secondary N) is 1. The van der Waals surface area contributed by atoms with Crippen LogP contribution in [0.1, 0.15) is 34.6 Å². The van der Waals surface area contributed by atoms with Crippen molar-refractivity contribution in [1.29, 1.82) is 0 Å². The van der Waals surface area contributed by atoms with Crippen molar-refractivity contribution in [2.75, 3.05) is 12.4 Å². The Hall–Kier alpha value is -2.45. The molecule has 0 saturated carbocycles. The Kier molecular flexibility index (Phi) is 5.82. The van der Waals surface area contributed by atoms with Gasteiger partial charge in [0.05, 0.1) is 17.4 Å². The number of ketones is 1. The predicted octanol–water partition coefficient (Wildman–Crippen LogP) is 4.18. The Morgan fingerprint density at radius 2 is 2.21 bits per heavy atom. The summed E-state index contributed by atoms with van der Waals surface area (Å²) in [5.41, 5.74) is 3.10. The molecule has 0 bridgehead atoms. The molecule has 2 aromatic heterocycles. The summed E-state index contributed by atoms with van der Waals surface area (Å²) in [5.74, 6) is 0.236. The lowest BCUT2D eigenvalue weighted by atomic mass is 10.2. The molecule has 3 aromatic rings. The number of carbonyl (C=O) groups is 1. The van der Waals surface area contributed by atoms with E-state index in [0.29, 0.717) is 16.5 Å². The summed E-state index contributed by atoms with van der Waals surface area (Å²) < 4.78 is 21.8. The van der Waals surface area contributed by atoms with Crippen LogP contribution < -0.4 is 0 Å². The van der Waals surface area contributed by atoms with Crippen molar-refractivity contribution in [2.45, 2.75) is 44.5 Å². The minimum absolute atomic E-state index is 0.0268. The highest BCUT2D eigenvalue weighted by atomic mass is 32.2. The number of aryl methyl sites for hydroxylation is 1. The first-order valence-corrected chi connectivity index (χ1v) is 10.6. The molecule has 4 rings (SSSR count). The first-order chi connectivity index (χ1) is 14.0. The summed E-state index contributed by atoms with van der Waals surface area (Å²) in [5, 5.41) is 7.26. The highest BCUT2D eigenvalue weighted by Crippen LogP contribution is 2.24. The van der Waals surface area contributed by atoms with E-state index in [9.17, 15) is 9.18 Å². The summed E-state index contributed by atoms with van der Waals surface area (Å²) in [4.78, 5) is 17.1. The molecular formula is C21H23FN4O2S. The van der Waals surface area contributed by atoms with Crippen LogP contribution in [0.4, 0.5) is 4.39 Å². The number of nitrogens with zero attached hydrogens (tertiary/aromatic N) is 3. The van der Waals surface area contributed by atoms with Gasteiger partial charge in [-0.1, -0.05) is 23.9 Å². The van der Waals surface area contributed by atoms with E-state index in [0.717, 1.165) is 42.9 Å². The van der Waals surface area contributed by atoms with E-state index in [1.54, 1.807) is 18.2 Å². The first kappa shape index (κ1) is 19.8. The second-order valence-electron chi connectivity index (χ2n) is 7.19. The van der Waals surface area contributed by atoms with Gasteiger partial charge >= 0.3 is 0 Å². The van der Waals surface area contributed by atoms with Gasteiger partial charge in [-0.2, -0.15) is 0 Å². The number of rotatable bonds is 7. The van der Waals surface area contributed by atoms with Crippen LogP contribution in [0, 0.1) is 19.7 Å². The molecule has 0 aliphatic carbocycles. The number of carbonyl (C=O) groups excluding carboxylic acids is 1. The molecule has 1 saturated heterocycles. The molecule has 1 N–H and O–H groups in total. The Bertz CT molecular complexity index is 1020.